The number of aromatic nitrogens is 1. The highest BCUT2D eigenvalue weighted by molar-refractivity contribution is 7.11. The van der Waals surface area contributed by atoms with Crippen LogP contribution in [0.1, 0.15) is 30.7 Å². The van der Waals surface area contributed by atoms with Crippen molar-refractivity contribution in [1.29, 1.82) is 0 Å². The number of nitrogens with one attached hydrogen (secondary N) is 1. The predicted molar refractivity (Wildman–Crippen MR) is 100.0 cm³/mol. The number of halogens is 2. The van der Waals surface area contributed by atoms with Crippen molar-refractivity contribution < 1.29 is 28.2 Å². The lowest BCUT2D eigenvalue weighted by molar-refractivity contribution is -0.153. The smallest absolute Gasteiger partial charge is 0.338 e. The van der Waals surface area contributed by atoms with E-state index >= 15 is 0 Å². The van der Waals surface area contributed by atoms with Crippen LogP contribution in [-0.4, -0.2) is 70.5 Å². The Kier molecular flexibility index (Phi) is 4.89. The molecule has 3 heterocycles. The molecular formula is C18H20F2N4O4S. The number of ether oxygens (including phenoxy) is 1. The largest absolute Gasteiger partial charge is 0.480 e. The monoisotopic (exact) mass is 426 g/mol. The maximum absolute atomic E-state index is 13.8. The van der Waals surface area contributed by atoms with Crippen LogP contribution in [0.3, 0.4) is 0 Å². The van der Waals surface area contributed by atoms with E-state index in [1.165, 1.54) is 23.3 Å². The van der Waals surface area contributed by atoms with E-state index in [4.69, 9.17) is 4.74 Å². The molecule has 0 aromatic carbocycles. The molecule has 11 heteroatoms. The van der Waals surface area contributed by atoms with Gasteiger partial charge in [-0.05, 0) is 12.8 Å². The van der Waals surface area contributed by atoms with Gasteiger partial charge in [-0.2, -0.15) is 0 Å². The zero-order valence-electron chi connectivity index (χ0n) is 15.7. The summed E-state index contributed by atoms with van der Waals surface area (Å²) < 4.78 is 32.5. The molecule has 2 fully saturated rings. The molecule has 0 radical (unpaired) electrons. The number of carboxylic acid groups (broad SMARTS) is 1. The minimum absolute atomic E-state index is 0.00360. The first-order chi connectivity index (χ1) is 13.7. The van der Waals surface area contributed by atoms with Crippen LogP contribution in [0, 0.1) is 0 Å². The van der Waals surface area contributed by atoms with Gasteiger partial charge in [0.25, 0.3) is 5.92 Å². The number of carbonyl (C=O) groups excluding carboxylic acids is 1. The number of piperidine rings is 1. The molecule has 0 bridgehead atoms. The number of aliphatic carboxylic acids is 1. The molecule has 1 saturated heterocycles. The van der Waals surface area contributed by atoms with Crippen LogP contribution in [0.15, 0.2) is 27.8 Å². The van der Waals surface area contributed by atoms with Crippen LogP contribution in [0.5, 0.6) is 0 Å². The van der Waals surface area contributed by atoms with Gasteiger partial charge in [-0.15, -0.1) is 11.3 Å². The number of nitrogens with zero attached hydrogens (tertiary/aromatic N) is 3. The van der Waals surface area contributed by atoms with E-state index in [1.54, 1.807) is 11.6 Å². The summed E-state index contributed by atoms with van der Waals surface area (Å²) in [7, 11) is 1.27. The van der Waals surface area contributed by atoms with Gasteiger partial charge in [-0.25, -0.2) is 18.6 Å². The lowest BCUT2D eigenvalue weighted by atomic mass is 9.96. The van der Waals surface area contributed by atoms with E-state index in [9.17, 15) is 23.5 Å². The Labute approximate surface area is 169 Å². The molecule has 2 aliphatic heterocycles. The topological polar surface area (TPSA) is 104 Å². The Morgan fingerprint density at radius 2 is 2.17 bits per heavy atom. The predicted octanol–water partition coefficient (Wildman–Crippen LogP) is 1.64. The van der Waals surface area contributed by atoms with Crippen LogP contribution in [-0.2, 0) is 14.3 Å². The third-order valence-electron chi connectivity index (χ3n) is 5.45. The molecule has 0 amide bonds. The number of hydrogen-bond donors (Lipinski definition) is 2. The number of likely N-dealkylation sites (tertiary alicyclic amines) is 1. The molecule has 1 aromatic rings. The van der Waals surface area contributed by atoms with Gasteiger partial charge in [0.2, 0.25) is 0 Å². The third-order valence-corrected chi connectivity index (χ3v) is 6.23. The van der Waals surface area contributed by atoms with E-state index in [0.29, 0.717) is 35.0 Å². The van der Waals surface area contributed by atoms with Gasteiger partial charge in [-0.1, -0.05) is 0 Å². The molecule has 8 nitrogen and oxygen atoms in total. The molecule has 1 saturated carbocycles. The average molecular weight is 426 g/mol. The second-order valence-electron chi connectivity index (χ2n) is 7.43. The zero-order valence-corrected chi connectivity index (χ0v) is 16.5. The van der Waals surface area contributed by atoms with Crippen molar-refractivity contribution in [3.63, 3.8) is 0 Å². The molecule has 1 aromatic heterocycles. The van der Waals surface area contributed by atoms with E-state index in [-0.39, 0.29) is 13.1 Å². The van der Waals surface area contributed by atoms with Gasteiger partial charge >= 0.3 is 11.9 Å². The number of aliphatic imine (C=N–C) groups is 1. The van der Waals surface area contributed by atoms with Crippen molar-refractivity contribution in [2.24, 2.45) is 4.99 Å². The van der Waals surface area contributed by atoms with Crippen LogP contribution >= 0.6 is 11.3 Å². The summed E-state index contributed by atoms with van der Waals surface area (Å²) in [6, 6.07) is -1.34. The van der Waals surface area contributed by atoms with Gasteiger partial charge in [0.15, 0.2) is 10.8 Å². The summed E-state index contributed by atoms with van der Waals surface area (Å²) in [5, 5.41) is 15.0. The SMILES string of the molecule is COC(=O)C1=C(CN2CCC(F)(F)CC2C(=O)O)NC(c2nccs2)=NC12CC2. The summed E-state index contributed by atoms with van der Waals surface area (Å²) in [6.07, 6.45) is 1.74. The van der Waals surface area contributed by atoms with Gasteiger partial charge in [0.1, 0.15) is 6.04 Å². The number of alkyl halides is 2. The van der Waals surface area contributed by atoms with Crippen molar-refractivity contribution in [2.45, 2.75) is 43.2 Å². The molecule has 4 rings (SSSR count). The molecule has 156 valence electrons. The molecule has 1 aliphatic carbocycles. The Balaban J connectivity index is 1.68. The van der Waals surface area contributed by atoms with Crippen LogP contribution < -0.4 is 5.32 Å². The standard InChI is InChI=1S/C18H20F2N4O4S/c1-28-16(27)12-10(9-24-6-4-18(19,20)8-11(24)15(25)26)22-13(14-21-5-7-29-14)23-17(12)2-3-17/h5,7,11H,2-4,6,8-9H2,1H3,(H,22,23)(H,25,26). The summed E-state index contributed by atoms with van der Waals surface area (Å²) in [6.45, 7) is -0.0933. The normalized spacial score (nSPS) is 25.3. The zero-order chi connectivity index (χ0) is 20.8. The fraction of sp³-hybridized carbons (Fsp3) is 0.556. The average Bonchev–Trinajstić information content (AvgIpc) is 3.19. The number of esters is 1. The molecule has 3 aliphatic rings. The first kappa shape index (κ1) is 19.9. The Hall–Kier alpha value is -2.40. The van der Waals surface area contributed by atoms with Crippen molar-refractivity contribution in [3.05, 3.63) is 27.9 Å². The highest BCUT2D eigenvalue weighted by Crippen LogP contribution is 2.49. The fourth-order valence-corrected chi connectivity index (χ4v) is 4.43. The Morgan fingerprint density at radius 1 is 1.41 bits per heavy atom. The molecule has 29 heavy (non-hydrogen) atoms. The van der Waals surface area contributed by atoms with E-state index < -0.39 is 42.3 Å². The number of carbonyl (C=O) groups is 2. The maximum atomic E-state index is 13.8. The lowest BCUT2D eigenvalue weighted by Gasteiger charge is -2.38. The van der Waals surface area contributed by atoms with Gasteiger partial charge < -0.3 is 15.2 Å². The van der Waals surface area contributed by atoms with E-state index in [1.807, 2.05) is 0 Å². The highest BCUT2D eigenvalue weighted by atomic mass is 32.1. The maximum Gasteiger partial charge on any atom is 0.338 e. The second kappa shape index (κ2) is 7.13. The molecule has 1 spiro atoms. The molecule has 2 N–H and O–H groups in total. The number of methoxy groups -OCH3 is 1. The van der Waals surface area contributed by atoms with Gasteiger partial charge in [-0.3, -0.25) is 14.7 Å². The van der Waals surface area contributed by atoms with Crippen LogP contribution in [0.4, 0.5) is 8.78 Å². The Morgan fingerprint density at radius 3 is 2.76 bits per heavy atom. The van der Waals surface area contributed by atoms with Gasteiger partial charge in [0.05, 0.1) is 18.2 Å². The number of amidine groups is 1. The lowest BCUT2D eigenvalue weighted by Crippen LogP contribution is -2.53. The minimum Gasteiger partial charge on any atom is -0.480 e. The Bertz CT molecular complexity index is 896. The number of hydrogen-bond acceptors (Lipinski definition) is 8. The summed E-state index contributed by atoms with van der Waals surface area (Å²) in [5.41, 5.74) is 0.0421. The van der Waals surface area contributed by atoms with Crippen LogP contribution in [0.2, 0.25) is 0 Å². The molecule has 1 unspecified atom stereocenters. The summed E-state index contributed by atoms with van der Waals surface area (Å²) in [5.74, 6) is -4.39. The van der Waals surface area contributed by atoms with Gasteiger partial charge in [0, 0.05) is 43.2 Å². The number of thiazole rings is 1. The first-order valence-electron chi connectivity index (χ1n) is 9.18. The van der Waals surface area contributed by atoms with Crippen molar-refractivity contribution in [1.82, 2.24) is 15.2 Å². The highest BCUT2D eigenvalue weighted by Gasteiger charge is 2.54. The minimum atomic E-state index is -3.02. The first-order valence-corrected chi connectivity index (χ1v) is 10.1. The van der Waals surface area contributed by atoms with E-state index in [2.05, 4.69) is 15.3 Å². The number of rotatable bonds is 5. The van der Waals surface area contributed by atoms with Crippen molar-refractivity contribution in [2.75, 3.05) is 20.2 Å². The molecular weight excluding hydrogens is 406 g/mol. The van der Waals surface area contributed by atoms with E-state index in [0.717, 1.165) is 0 Å². The van der Waals surface area contributed by atoms with Crippen molar-refractivity contribution in [3.8, 4) is 0 Å². The summed E-state index contributed by atoms with van der Waals surface area (Å²) >= 11 is 1.38. The third kappa shape index (κ3) is 3.76. The van der Waals surface area contributed by atoms with Crippen molar-refractivity contribution >= 4 is 29.1 Å². The molecule has 1 atom stereocenters. The second-order valence-corrected chi connectivity index (χ2v) is 8.33. The summed E-state index contributed by atoms with van der Waals surface area (Å²) in [4.78, 5) is 34.5. The number of carboxylic acids is 1. The van der Waals surface area contributed by atoms with Crippen LogP contribution in [0.25, 0.3) is 0 Å². The fourth-order valence-electron chi connectivity index (χ4n) is 3.85. The quantitative estimate of drug-likeness (QED) is 0.690.